The van der Waals surface area contributed by atoms with Gasteiger partial charge in [-0.3, -0.25) is 4.79 Å². The first-order valence-corrected chi connectivity index (χ1v) is 9.43. The van der Waals surface area contributed by atoms with E-state index >= 15 is 0 Å². The first-order chi connectivity index (χ1) is 10.6. The summed E-state index contributed by atoms with van der Waals surface area (Å²) in [5, 5.41) is 4.42. The van der Waals surface area contributed by atoms with E-state index in [0.29, 0.717) is 0 Å². The van der Waals surface area contributed by atoms with Crippen molar-refractivity contribution in [3.63, 3.8) is 0 Å². The highest BCUT2D eigenvalue weighted by Gasteiger charge is 2.26. The van der Waals surface area contributed by atoms with Crippen molar-refractivity contribution in [1.29, 1.82) is 0 Å². The second kappa shape index (κ2) is 6.46. The highest BCUT2D eigenvalue weighted by molar-refractivity contribution is 7.89. The monoisotopic (exact) mass is 356 g/mol. The minimum atomic E-state index is -3.80. The van der Waals surface area contributed by atoms with E-state index in [2.05, 4.69) is 10.0 Å². The Balaban J connectivity index is 2.11. The normalized spacial score (nSPS) is 13.7. The third kappa shape index (κ3) is 4.66. The molecule has 0 aliphatic heterocycles. The minimum absolute atomic E-state index is 0.0392. The second-order valence-corrected chi connectivity index (χ2v) is 8.78. The largest absolute Gasteiger partial charge is 0.438 e. The molecule has 23 heavy (non-hydrogen) atoms. The van der Waals surface area contributed by atoms with E-state index in [1.807, 2.05) is 24.4 Å². The Morgan fingerprint density at radius 3 is 2.52 bits per heavy atom. The van der Waals surface area contributed by atoms with Crippen LogP contribution >= 0.6 is 11.3 Å². The lowest BCUT2D eigenvalue weighted by atomic mass is 10.1. The molecule has 2 aromatic rings. The quantitative estimate of drug-likeness (QED) is 0.862. The summed E-state index contributed by atoms with van der Waals surface area (Å²) in [5.74, 6) is -0.495. The highest BCUT2D eigenvalue weighted by Crippen LogP contribution is 2.20. The number of nitrogens with one attached hydrogen (secondary N) is 2. The fourth-order valence-corrected chi connectivity index (χ4v) is 4.00. The van der Waals surface area contributed by atoms with Gasteiger partial charge in [-0.1, -0.05) is 6.07 Å². The summed E-state index contributed by atoms with van der Waals surface area (Å²) >= 11 is 1.53. The van der Waals surface area contributed by atoms with E-state index in [1.54, 1.807) is 20.8 Å². The van der Waals surface area contributed by atoms with Gasteiger partial charge in [-0.25, -0.2) is 13.1 Å². The van der Waals surface area contributed by atoms with Crippen molar-refractivity contribution in [2.45, 2.75) is 44.4 Å². The van der Waals surface area contributed by atoms with Crippen molar-refractivity contribution < 1.29 is 17.6 Å². The molecule has 2 rings (SSSR count). The third-order valence-electron chi connectivity index (χ3n) is 2.83. The van der Waals surface area contributed by atoms with Crippen LogP contribution in [0.1, 0.15) is 49.2 Å². The Bertz CT molecular complexity index is 771. The zero-order valence-corrected chi connectivity index (χ0v) is 15.0. The average Bonchev–Trinajstić information content (AvgIpc) is 3.08. The number of furan rings is 1. The molecule has 6 nitrogen and oxygen atoms in total. The number of thiophene rings is 1. The number of carbonyl (C=O) groups excluding carboxylic acids is 1. The van der Waals surface area contributed by atoms with Crippen molar-refractivity contribution in [2.75, 3.05) is 0 Å². The van der Waals surface area contributed by atoms with Gasteiger partial charge in [0, 0.05) is 10.4 Å². The number of sulfonamides is 1. The SMILES string of the molecule is CC(NC(=O)c1ccc(S(=O)(=O)NC(C)(C)C)o1)c1cccs1. The summed E-state index contributed by atoms with van der Waals surface area (Å²) < 4.78 is 32.0. The molecule has 2 N–H and O–H groups in total. The van der Waals surface area contributed by atoms with E-state index in [9.17, 15) is 13.2 Å². The molecule has 0 aromatic carbocycles. The second-order valence-electron chi connectivity index (χ2n) is 6.18. The van der Waals surface area contributed by atoms with Gasteiger partial charge in [0.2, 0.25) is 5.09 Å². The first kappa shape index (κ1) is 17.7. The van der Waals surface area contributed by atoms with E-state index in [0.717, 1.165) is 4.88 Å². The van der Waals surface area contributed by atoms with Crippen LogP contribution < -0.4 is 10.0 Å². The van der Waals surface area contributed by atoms with Crippen molar-refractivity contribution in [2.24, 2.45) is 0 Å². The van der Waals surface area contributed by atoms with Gasteiger partial charge in [0.05, 0.1) is 6.04 Å². The zero-order chi connectivity index (χ0) is 17.3. The molecule has 126 valence electrons. The molecule has 2 heterocycles. The van der Waals surface area contributed by atoms with Gasteiger partial charge in [0.1, 0.15) is 0 Å². The van der Waals surface area contributed by atoms with Crippen molar-refractivity contribution in [3.05, 3.63) is 40.3 Å². The van der Waals surface area contributed by atoms with Gasteiger partial charge in [0.25, 0.3) is 15.9 Å². The molecular weight excluding hydrogens is 336 g/mol. The van der Waals surface area contributed by atoms with Crippen molar-refractivity contribution in [3.8, 4) is 0 Å². The molecule has 0 aliphatic carbocycles. The van der Waals surface area contributed by atoms with E-state index < -0.39 is 21.5 Å². The van der Waals surface area contributed by atoms with E-state index in [-0.39, 0.29) is 16.9 Å². The lowest BCUT2D eigenvalue weighted by Gasteiger charge is -2.19. The summed E-state index contributed by atoms with van der Waals surface area (Å²) in [6, 6.07) is 6.27. The Hall–Kier alpha value is -1.64. The standard InChI is InChI=1S/C15H20N2O4S2/c1-10(12-6-5-9-22-12)16-14(18)11-7-8-13(21-11)23(19,20)17-15(2,3)4/h5-10,17H,1-4H3,(H,16,18). The Morgan fingerprint density at radius 1 is 1.26 bits per heavy atom. The predicted octanol–water partition coefficient (Wildman–Crippen LogP) is 2.91. The van der Waals surface area contributed by atoms with Gasteiger partial charge in [-0.05, 0) is 51.3 Å². The molecule has 2 aromatic heterocycles. The Labute approximate surface area is 139 Å². The number of rotatable bonds is 5. The van der Waals surface area contributed by atoms with Crippen LogP contribution in [-0.2, 0) is 10.0 Å². The Morgan fingerprint density at radius 2 is 1.96 bits per heavy atom. The van der Waals surface area contributed by atoms with Crippen LogP contribution in [0.3, 0.4) is 0 Å². The van der Waals surface area contributed by atoms with Crippen LogP contribution in [0.25, 0.3) is 0 Å². The molecule has 0 spiro atoms. The molecule has 0 bridgehead atoms. The summed E-state index contributed by atoms with van der Waals surface area (Å²) in [7, 11) is -3.80. The molecule has 1 atom stereocenters. The molecule has 8 heteroatoms. The summed E-state index contributed by atoms with van der Waals surface area (Å²) in [5.41, 5.74) is -0.637. The molecule has 0 fully saturated rings. The number of carbonyl (C=O) groups is 1. The van der Waals surface area contributed by atoms with Crippen LogP contribution in [0.2, 0.25) is 0 Å². The van der Waals surface area contributed by atoms with Gasteiger partial charge in [-0.2, -0.15) is 0 Å². The fraction of sp³-hybridized carbons (Fsp3) is 0.400. The molecule has 1 unspecified atom stereocenters. The first-order valence-electron chi connectivity index (χ1n) is 7.06. The average molecular weight is 356 g/mol. The van der Waals surface area contributed by atoms with Crippen LogP contribution in [-0.4, -0.2) is 19.9 Å². The molecule has 0 aliphatic rings. The lowest BCUT2D eigenvalue weighted by Crippen LogP contribution is -2.40. The van der Waals surface area contributed by atoms with Crippen LogP contribution in [0.5, 0.6) is 0 Å². The smallest absolute Gasteiger partial charge is 0.287 e. The van der Waals surface area contributed by atoms with Gasteiger partial charge >= 0.3 is 0 Å². The lowest BCUT2D eigenvalue weighted by molar-refractivity contribution is 0.0907. The van der Waals surface area contributed by atoms with Crippen LogP contribution in [0.15, 0.2) is 39.2 Å². The van der Waals surface area contributed by atoms with Gasteiger partial charge in [-0.15, -0.1) is 11.3 Å². The predicted molar refractivity (Wildman–Crippen MR) is 89.0 cm³/mol. The maximum absolute atomic E-state index is 12.2. The number of amides is 1. The summed E-state index contributed by atoms with van der Waals surface area (Å²) in [4.78, 5) is 13.2. The van der Waals surface area contributed by atoms with Gasteiger partial charge in [0.15, 0.2) is 5.76 Å². The van der Waals surface area contributed by atoms with Crippen molar-refractivity contribution in [1.82, 2.24) is 10.0 Å². The van der Waals surface area contributed by atoms with Gasteiger partial charge < -0.3 is 9.73 Å². The van der Waals surface area contributed by atoms with E-state index in [4.69, 9.17) is 4.42 Å². The molecular formula is C15H20N2O4S2. The molecule has 0 saturated carbocycles. The molecule has 1 amide bonds. The third-order valence-corrected chi connectivity index (χ3v) is 5.51. The summed E-state index contributed by atoms with van der Waals surface area (Å²) in [6.45, 7) is 7.03. The maximum atomic E-state index is 12.2. The minimum Gasteiger partial charge on any atom is -0.438 e. The number of hydrogen-bond donors (Lipinski definition) is 2. The maximum Gasteiger partial charge on any atom is 0.287 e. The highest BCUT2D eigenvalue weighted by atomic mass is 32.2. The molecule has 0 saturated heterocycles. The van der Waals surface area contributed by atoms with Crippen molar-refractivity contribution >= 4 is 27.3 Å². The van der Waals surface area contributed by atoms with E-state index in [1.165, 1.54) is 23.5 Å². The zero-order valence-electron chi connectivity index (χ0n) is 13.4. The van der Waals surface area contributed by atoms with Crippen LogP contribution in [0, 0.1) is 0 Å². The molecule has 0 radical (unpaired) electrons. The van der Waals surface area contributed by atoms with Crippen LogP contribution in [0.4, 0.5) is 0 Å². The summed E-state index contributed by atoms with van der Waals surface area (Å²) in [6.07, 6.45) is 0. The topological polar surface area (TPSA) is 88.4 Å². The fourth-order valence-electron chi connectivity index (χ4n) is 1.92. The number of hydrogen-bond acceptors (Lipinski definition) is 5. The Kier molecular flexibility index (Phi) is 4.98.